The third-order valence-corrected chi connectivity index (χ3v) is 4.89. The number of benzene rings is 1. The van der Waals surface area contributed by atoms with Gasteiger partial charge in [-0.3, -0.25) is 9.59 Å². The third kappa shape index (κ3) is 3.67. The molecule has 1 aromatic heterocycles. The number of halogens is 1. The van der Waals surface area contributed by atoms with Gasteiger partial charge in [-0.15, -0.1) is 10.2 Å². The minimum atomic E-state index is -0.630. The molecule has 0 unspecified atom stereocenters. The predicted octanol–water partition coefficient (Wildman–Crippen LogP) is 1.98. The number of ether oxygens (including phenoxy) is 1. The van der Waals surface area contributed by atoms with Crippen LogP contribution in [0.2, 0.25) is 0 Å². The zero-order chi connectivity index (χ0) is 18.0. The number of hydrogen-bond acceptors (Lipinski definition) is 6. The van der Waals surface area contributed by atoms with Crippen LogP contribution in [-0.4, -0.2) is 41.1 Å². The van der Waals surface area contributed by atoms with Gasteiger partial charge in [0, 0.05) is 20.6 Å². The molecule has 0 aliphatic carbocycles. The summed E-state index contributed by atoms with van der Waals surface area (Å²) in [5, 5.41) is 11.5. The van der Waals surface area contributed by atoms with Crippen LogP contribution in [0.25, 0.3) is 0 Å². The first-order chi connectivity index (χ1) is 12.0. The van der Waals surface area contributed by atoms with Gasteiger partial charge < -0.3 is 15.0 Å². The Labute approximate surface area is 147 Å². The van der Waals surface area contributed by atoms with Crippen molar-refractivity contribution >= 4 is 28.3 Å². The number of nitrogens with one attached hydrogen (secondary N) is 1. The van der Waals surface area contributed by atoms with Crippen molar-refractivity contribution in [1.29, 1.82) is 0 Å². The zero-order valence-corrected chi connectivity index (χ0v) is 14.5. The van der Waals surface area contributed by atoms with Gasteiger partial charge in [-0.1, -0.05) is 23.5 Å². The summed E-state index contributed by atoms with van der Waals surface area (Å²) in [7, 11) is 3.16. The Balaban J connectivity index is 1.80. The molecule has 1 aromatic carbocycles. The monoisotopic (exact) mass is 364 g/mol. The Morgan fingerprint density at radius 1 is 1.48 bits per heavy atom. The van der Waals surface area contributed by atoms with Gasteiger partial charge in [0.1, 0.15) is 17.4 Å². The van der Waals surface area contributed by atoms with Gasteiger partial charge >= 0.3 is 0 Å². The molecule has 132 valence electrons. The second-order valence-corrected chi connectivity index (χ2v) is 6.80. The molecule has 0 bridgehead atoms. The van der Waals surface area contributed by atoms with Gasteiger partial charge in [-0.25, -0.2) is 4.39 Å². The quantitative estimate of drug-likeness (QED) is 0.877. The molecule has 7 nitrogen and oxygen atoms in total. The van der Waals surface area contributed by atoms with Gasteiger partial charge in [0.15, 0.2) is 0 Å². The normalized spacial score (nSPS) is 20.1. The summed E-state index contributed by atoms with van der Waals surface area (Å²) >= 11 is 1.21. The highest BCUT2D eigenvalue weighted by molar-refractivity contribution is 7.15. The molecule has 3 rings (SSSR count). The molecule has 2 heterocycles. The Morgan fingerprint density at radius 3 is 3.00 bits per heavy atom. The van der Waals surface area contributed by atoms with Crippen molar-refractivity contribution in [3.8, 4) is 0 Å². The molecule has 1 aliphatic heterocycles. The fourth-order valence-corrected chi connectivity index (χ4v) is 3.65. The second-order valence-electron chi connectivity index (χ2n) is 5.74. The highest BCUT2D eigenvalue weighted by Crippen LogP contribution is 2.38. The van der Waals surface area contributed by atoms with Crippen molar-refractivity contribution in [1.82, 2.24) is 15.1 Å². The molecule has 1 saturated heterocycles. The summed E-state index contributed by atoms with van der Waals surface area (Å²) in [5.41, 5.74) is 0.589. The van der Waals surface area contributed by atoms with Crippen molar-refractivity contribution in [2.75, 3.05) is 19.5 Å². The number of methoxy groups -OCH3 is 1. The standard InChI is InChI=1S/C16H17FN4O3S/c1-21-13(22)7-11(14(21)9-4-3-5-10(17)6-9)15(23)18-16-20-19-12(25-16)8-24-2/h3-6,11,14H,7-8H2,1-2H3,(H,18,20,23)/t11-,14-/m1/s1. The van der Waals surface area contributed by atoms with E-state index in [9.17, 15) is 14.0 Å². The molecule has 2 atom stereocenters. The lowest BCUT2D eigenvalue weighted by Gasteiger charge is -2.24. The predicted molar refractivity (Wildman–Crippen MR) is 89.3 cm³/mol. The summed E-state index contributed by atoms with van der Waals surface area (Å²) < 4.78 is 18.5. The van der Waals surface area contributed by atoms with Gasteiger partial charge in [0.25, 0.3) is 0 Å². The molecule has 0 spiro atoms. The molecule has 1 aliphatic rings. The van der Waals surface area contributed by atoms with Crippen LogP contribution < -0.4 is 5.32 Å². The van der Waals surface area contributed by atoms with E-state index in [4.69, 9.17) is 4.74 Å². The molecule has 1 N–H and O–H groups in total. The van der Waals surface area contributed by atoms with Crippen LogP contribution in [0.15, 0.2) is 24.3 Å². The molecular weight excluding hydrogens is 347 g/mol. The second kappa shape index (κ2) is 7.24. The van der Waals surface area contributed by atoms with Crippen LogP contribution in [0, 0.1) is 11.7 Å². The number of nitrogens with zero attached hydrogens (tertiary/aromatic N) is 3. The number of rotatable bonds is 5. The topological polar surface area (TPSA) is 84.4 Å². The fourth-order valence-electron chi connectivity index (χ4n) is 2.94. The lowest BCUT2D eigenvalue weighted by molar-refractivity contribution is -0.128. The van der Waals surface area contributed by atoms with E-state index in [2.05, 4.69) is 15.5 Å². The van der Waals surface area contributed by atoms with Gasteiger partial charge in [0.05, 0.1) is 12.0 Å². The Hall–Kier alpha value is -2.39. The highest BCUT2D eigenvalue weighted by Gasteiger charge is 2.43. The Bertz CT molecular complexity index is 797. The Kier molecular flexibility index (Phi) is 5.05. The minimum absolute atomic E-state index is 0.0627. The SMILES string of the molecule is COCc1nnc(NC(=O)[C@@H]2CC(=O)N(C)[C@@H]2c2cccc(F)c2)s1. The average Bonchev–Trinajstić information content (AvgIpc) is 3.13. The number of anilines is 1. The summed E-state index contributed by atoms with van der Waals surface area (Å²) in [6.07, 6.45) is 0.0627. The van der Waals surface area contributed by atoms with Crippen molar-refractivity contribution in [3.05, 3.63) is 40.7 Å². The summed E-state index contributed by atoms with van der Waals surface area (Å²) in [6.45, 7) is 0.310. The van der Waals surface area contributed by atoms with E-state index in [0.29, 0.717) is 22.3 Å². The summed E-state index contributed by atoms with van der Waals surface area (Å²) in [5.74, 6) is -1.54. The molecule has 0 saturated carbocycles. The van der Waals surface area contributed by atoms with Crippen LogP contribution in [0.4, 0.5) is 9.52 Å². The van der Waals surface area contributed by atoms with Crippen molar-refractivity contribution in [2.24, 2.45) is 5.92 Å². The lowest BCUT2D eigenvalue weighted by atomic mass is 9.93. The zero-order valence-electron chi connectivity index (χ0n) is 13.7. The van der Waals surface area contributed by atoms with E-state index >= 15 is 0 Å². The van der Waals surface area contributed by atoms with Gasteiger partial charge in [-0.2, -0.15) is 0 Å². The third-order valence-electron chi connectivity index (χ3n) is 4.08. The van der Waals surface area contributed by atoms with Gasteiger partial charge in [0.2, 0.25) is 16.9 Å². The first-order valence-corrected chi connectivity index (χ1v) is 8.44. The fraction of sp³-hybridized carbons (Fsp3) is 0.375. The van der Waals surface area contributed by atoms with Crippen LogP contribution in [0.3, 0.4) is 0 Å². The number of amides is 2. The molecule has 2 amide bonds. The molecule has 2 aromatic rings. The minimum Gasteiger partial charge on any atom is -0.377 e. The maximum atomic E-state index is 13.6. The number of hydrogen-bond donors (Lipinski definition) is 1. The first-order valence-electron chi connectivity index (χ1n) is 7.63. The van der Waals surface area contributed by atoms with Crippen molar-refractivity contribution in [2.45, 2.75) is 19.1 Å². The van der Waals surface area contributed by atoms with Crippen LogP contribution in [0.1, 0.15) is 23.0 Å². The highest BCUT2D eigenvalue weighted by atomic mass is 32.1. The van der Waals surface area contributed by atoms with E-state index in [1.165, 1.54) is 28.4 Å². The maximum absolute atomic E-state index is 13.6. The van der Waals surface area contributed by atoms with Crippen LogP contribution in [0.5, 0.6) is 0 Å². The molecule has 25 heavy (non-hydrogen) atoms. The average molecular weight is 364 g/mol. The van der Waals surface area contributed by atoms with E-state index in [1.807, 2.05) is 0 Å². The Morgan fingerprint density at radius 2 is 2.28 bits per heavy atom. The van der Waals surface area contributed by atoms with Crippen LogP contribution in [-0.2, 0) is 20.9 Å². The van der Waals surface area contributed by atoms with E-state index in [-0.39, 0.29) is 18.2 Å². The smallest absolute Gasteiger partial charge is 0.232 e. The van der Waals surface area contributed by atoms with E-state index in [0.717, 1.165) is 0 Å². The maximum Gasteiger partial charge on any atom is 0.232 e. The number of carbonyl (C=O) groups is 2. The number of likely N-dealkylation sites (tertiary alicyclic amines) is 1. The van der Waals surface area contributed by atoms with Crippen LogP contribution >= 0.6 is 11.3 Å². The lowest BCUT2D eigenvalue weighted by Crippen LogP contribution is -2.30. The molecular formula is C16H17FN4O3S. The van der Waals surface area contributed by atoms with Crippen molar-refractivity contribution in [3.63, 3.8) is 0 Å². The number of carbonyl (C=O) groups excluding carboxylic acids is 2. The van der Waals surface area contributed by atoms with E-state index in [1.54, 1.807) is 26.3 Å². The molecule has 0 radical (unpaired) electrons. The molecule has 1 fully saturated rings. The largest absolute Gasteiger partial charge is 0.377 e. The van der Waals surface area contributed by atoms with E-state index < -0.39 is 17.8 Å². The number of aromatic nitrogens is 2. The first kappa shape index (κ1) is 17.4. The van der Waals surface area contributed by atoms with Crippen molar-refractivity contribution < 1.29 is 18.7 Å². The van der Waals surface area contributed by atoms with Gasteiger partial charge in [-0.05, 0) is 17.7 Å². The summed E-state index contributed by atoms with van der Waals surface area (Å²) in [4.78, 5) is 26.3. The summed E-state index contributed by atoms with van der Waals surface area (Å²) in [6, 6.07) is 5.44. The molecule has 9 heteroatoms.